The van der Waals surface area contributed by atoms with Gasteiger partial charge in [0.25, 0.3) is 0 Å². The zero-order valence-electron chi connectivity index (χ0n) is 12.2. The Morgan fingerprint density at radius 2 is 2.10 bits per heavy atom. The summed E-state index contributed by atoms with van der Waals surface area (Å²) >= 11 is 0. The molecule has 0 aliphatic carbocycles. The van der Waals surface area contributed by atoms with Crippen LogP contribution in [0.15, 0.2) is 0 Å². The number of ether oxygens (including phenoxy) is 1. The molecule has 0 aromatic carbocycles. The Balaban J connectivity index is 2.66. The fourth-order valence-electron chi connectivity index (χ4n) is 2.22. The number of aliphatic hydroxyl groups excluding tert-OH is 1. The zero-order valence-corrected chi connectivity index (χ0v) is 12.2. The first-order valence-corrected chi connectivity index (χ1v) is 6.93. The highest BCUT2D eigenvalue weighted by molar-refractivity contribution is 5.82. The lowest BCUT2D eigenvalue weighted by molar-refractivity contribution is -0.140. The predicted molar refractivity (Wildman–Crippen MR) is 72.4 cm³/mol. The SMILES string of the molecule is CC[C@H](C)[C@H](NC(=O)N1CC(C)OC(CO)C1)C(=O)O. The van der Waals surface area contributed by atoms with Crippen LogP contribution in [-0.2, 0) is 9.53 Å². The predicted octanol–water partition coefficient (Wildman–Crippen LogP) is 0.277. The van der Waals surface area contributed by atoms with E-state index in [1.807, 2.05) is 13.8 Å². The number of amides is 2. The number of aliphatic carboxylic acids is 1. The van der Waals surface area contributed by atoms with Gasteiger partial charge in [0, 0.05) is 6.54 Å². The molecule has 0 aromatic rings. The molecule has 2 amide bonds. The molecule has 0 spiro atoms. The summed E-state index contributed by atoms with van der Waals surface area (Å²) in [5, 5.41) is 20.9. The molecule has 7 heteroatoms. The number of hydrogen-bond donors (Lipinski definition) is 3. The molecular formula is C13H24N2O5. The maximum Gasteiger partial charge on any atom is 0.326 e. The largest absolute Gasteiger partial charge is 0.480 e. The van der Waals surface area contributed by atoms with Gasteiger partial charge in [0.1, 0.15) is 6.04 Å². The Kier molecular flexibility index (Phi) is 6.22. The first kappa shape index (κ1) is 16.7. The molecule has 1 aliphatic rings. The third kappa shape index (κ3) is 4.35. The summed E-state index contributed by atoms with van der Waals surface area (Å²) in [6.45, 7) is 5.96. The standard InChI is InChI=1S/C13H24N2O5/c1-4-8(2)11(12(17)18)14-13(19)15-5-9(3)20-10(6-15)7-16/h8-11,16H,4-7H2,1-3H3,(H,14,19)(H,17,18)/t8-,9?,10?,11-/m0/s1. The van der Waals surface area contributed by atoms with Gasteiger partial charge in [0.2, 0.25) is 0 Å². The molecule has 0 saturated carbocycles. The van der Waals surface area contributed by atoms with Crippen molar-refractivity contribution in [2.45, 2.75) is 45.4 Å². The molecule has 1 rings (SSSR count). The second-order valence-corrected chi connectivity index (χ2v) is 5.31. The monoisotopic (exact) mass is 288 g/mol. The van der Waals surface area contributed by atoms with E-state index < -0.39 is 24.1 Å². The molecule has 0 bridgehead atoms. The van der Waals surface area contributed by atoms with Gasteiger partial charge in [-0.05, 0) is 12.8 Å². The summed E-state index contributed by atoms with van der Waals surface area (Å²) in [7, 11) is 0. The number of carboxylic acid groups (broad SMARTS) is 1. The first-order chi connectivity index (χ1) is 9.38. The number of carbonyl (C=O) groups excluding carboxylic acids is 1. The third-order valence-electron chi connectivity index (χ3n) is 3.58. The summed E-state index contributed by atoms with van der Waals surface area (Å²) in [6.07, 6.45) is 0.0608. The van der Waals surface area contributed by atoms with E-state index in [4.69, 9.17) is 9.84 Å². The van der Waals surface area contributed by atoms with Gasteiger partial charge in [0.15, 0.2) is 0 Å². The number of nitrogens with one attached hydrogen (secondary N) is 1. The van der Waals surface area contributed by atoms with Gasteiger partial charge in [-0.2, -0.15) is 0 Å². The van der Waals surface area contributed by atoms with E-state index in [1.54, 1.807) is 6.92 Å². The second kappa shape index (κ2) is 7.44. The molecular weight excluding hydrogens is 264 g/mol. The van der Waals surface area contributed by atoms with Crippen molar-refractivity contribution in [1.29, 1.82) is 0 Å². The van der Waals surface area contributed by atoms with E-state index in [0.717, 1.165) is 0 Å². The van der Waals surface area contributed by atoms with Crippen molar-refractivity contribution in [3.8, 4) is 0 Å². The number of rotatable bonds is 5. The van der Waals surface area contributed by atoms with Crippen LogP contribution in [0.4, 0.5) is 4.79 Å². The molecule has 4 atom stereocenters. The minimum atomic E-state index is -1.03. The van der Waals surface area contributed by atoms with Crippen LogP contribution < -0.4 is 5.32 Å². The average Bonchev–Trinajstić information content (AvgIpc) is 2.42. The number of aliphatic hydroxyl groups is 1. The molecule has 0 aromatic heterocycles. The Morgan fingerprint density at radius 1 is 1.45 bits per heavy atom. The number of hydrogen-bond acceptors (Lipinski definition) is 4. The summed E-state index contributed by atoms with van der Waals surface area (Å²) in [6, 6.07) is -1.33. The molecule has 1 fully saturated rings. The highest BCUT2D eigenvalue weighted by atomic mass is 16.5. The maximum absolute atomic E-state index is 12.2. The van der Waals surface area contributed by atoms with E-state index in [1.165, 1.54) is 4.90 Å². The van der Waals surface area contributed by atoms with Gasteiger partial charge in [-0.1, -0.05) is 20.3 Å². The van der Waals surface area contributed by atoms with Crippen LogP contribution in [0.3, 0.4) is 0 Å². The van der Waals surface area contributed by atoms with Gasteiger partial charge in [0.05, 0.1) is 25.4 Å². The van der Waals surface area contributed by atoms with Crippen molar-refractivity contribution < 1.29 is 24.5 Å². The van der Waals surface area contributed by atoms with Gasteiger partial charge >= 0.3 is 12.0 Å². The average molecular weight is 288 g/mol. The van der Waals surface area contributed by atoms with Crippen LogP contribution in [0.25, 0.3) is 0 Å². The van der Waals surface area contributed by atoms with Crippen LogP contribution in [0.1, 0.15) is 27.2 Å². The lowest BCUT2D eigenvalue weighted by Crippen LogP contribution is -2.56. The number of urea groups is 1. The number of carbonyl (C=O) groups is 2. The molecule has 3 N–H and O–H groups in total. The molecule has 20 heavy (non-hydrogen) atoms. The van der Waals surface area contributed by atoms with Crippen LogP contribution in [-0.4, -0.2) is 65.1 Å². The van der Waals surface area contributed by atoms with Gasteiger partial charge in [-0.15, -0.1) is 0 Å². The lowest BCUT2D eigenvalue weighted by atomic mass is 9.99. The van der Waals surface area contributed by atoms with E-state index in [2.05, 4.69) is 5.32 Å². The smallest absolute Gasteiger partial charge is 0.326 e. The first-order valence-electron chi connectivity index (χ1n) is 6.93. The normalized spacial score (nSPS) is 25.9. The minimum Gasteiger partial charge on any atom is -0.480 e. The molecule has 1 aliphatic heterocycles. The fourth-order valence-corrected chi connectivity index (χ4v) is 2.22. The van der Waals surface area contributed by atoms with Gasteiger partial charge in [-0.25, -0.2) is 9.59 Å². The van der Waals surface area contributed by atoms with E-state index in [9.17, 15) is 14.7 Å². The summed E-state index contributed by atoms with van der Waals surface area (Å²) in [5.41, 5.74) is 0. The number of nitrogens with zero attached hydrogens (tertiary/aromatic N) is 1. The van der Waals surface area contributed by atoms with E-state index in [-0.39, 0.29) is 25.2 Å². The highest BCUT2D eigenvalue weighted by Gasteiger charge is 2.31. The van der Waals surface area contributed by atoms with Crippen LogP contribution in [0.2, 0.25) is 0 Å². The molecule has 7 nitrogen and oxygen atoms in total. The lowest BCUT2D eigenvalue weighted by Gasteiger charge is -2.36. The van der Waals surface area contributed by atoms with Crippen molar-refractivity contribution in [1.82, 2.24) is 10.2 Å². The van der Waals surface area contributed by atoms with Crippen molar-refractivity contribution >= 4 is 12.0 Å². The Bertz CT molecular complexity index is 350. The minimum absolute atomic E-state index is 0.149. The summed E-state index contributed by atoms with van der Waals surface area (Å²) in [5.74, 6) is -1.18. The Morgan fingerprint density at radius 3 is 2.60 bits per heavy atom. The Hall–Kier alpha value is -1.34. The molecule has 1 saturated heterocycles. The van der Waals surface area contributed by atoms with Crippen molar-refractivity contribution in [3.05, 3.63) is 0 Å². The summed E-state index contributed by atoms with van der Waals surface area (Å²) < 4.78 is 5.45. The van der Waals surface area contributed by atoms with Gasteiger partial charge in [-0.3, -0.25) is 0 Å². The topological polar surface area (TPSA) is 99.1 Å². The number of morpholine rings is 1. The second-order valence-electron chi connectivity index (χ2n) is 5.31. The van der Waals surface area contributed by atoms with Crippen molar-refractivity contribution in [2.24, 2.45) is 5.92 Å². The van der Waals surface area contributed by atoms with Crippen LogP contribution in [0, 0.1) is 5.92 Å². The molecule has 116 valence electrons. The van der Waals surface area contributed by atoms with Crippen LogP contribution in [0.5, 0.6) is 0 Å². The molecule has 2 unspecified atom stereocenters. The van der Waals surface area contributed by atoms with E-state index >= 15 is 0 Å². The van der Waals surface area contributed by atoms with Gasteiger partial charge < -0.3 is 25.2 Å². The quantitative estimate of drug-likeness (QED) is 0.674. The fraction of sp³-hybridized carbons (Fsp3) is 0.846. The van der Waals surface area contributed by atoms with Crippen molar-refractivity contribution in [2.75, 3.05) is 19.7 Å². The zero-order chi connectivity index (χ0) is 15.3. The van der Waals surface area contributed by atoms with Crippen molar-refractivity contribution in [3.63, 3.8) is 0 Å². The Labute approximate surface area is 118 Å². The molecule has 0 radical (unpaired) electrons. The molecule has 1 heterocycles. The van der Waals surface area contributed by atoms with E-state index in [0.29, 0.717) is 13.0 Å². The summed E-state index contributed by atoms with van der Waals surface area (Å²) in [4.78, 5) is 24.9. The maximum atomic E-state index is 12.2. The highest BCUT2D eigenvalue weighted by Crippen LogP contribution is 2.13. The number of carboxylic acids is 1. The third-order valence-corrected chi connectivity index (χ3v) is 3.58. The van der Waals surface area contributed by atoms with Crippen LogP contribution >= 0.6 is 0 Å².